The molecule has 0 aromatic carbocycles. The SMILES string of the molecule is Cc1cc(C)c(S(=O)(=O)NC(CN)C2CC2)s1. The van der Waals surface area contributed by atoms with Crippen molar-refractivity contribution in [2.45, 2.75) is 36.9 Å². The number of nitrogens with one attached hydrogen (secondary N) is 1. The summed E-state index contributed by atoms with van der Waals surface area (Å²) in [7, 11) is -3.40. The number of hydrogen-bond acceptors (Lipinski definition) is 4. The monoisotopic (exact) mass is 274 g/mol. The molecule has 1 aliphatic rings. The van der Waals surface area contributed by atoms with Crippen molar-refractivity contribution in [3.8, 4) is 0 Å². The molecule has 6 heteroatoms. The molecule has 0 saturated heterocycles. The number of sulfonamides is 1. The second kappa shape index (κ2) is 4.68. The molecule has 1 heterocycles. The fourth-order valence-electron chi connectivity index (χ4n) is 1.97. The summed E-state index contributed by atoms with van der Waals surface area (Å²) < 4.78 is 27.6. The second-order valence-corrected chi connectivity index (χ2v) is 7.79. The number of nitrogens with two attached hydrogens (primary N) is 1. The van der Waals surface area contributed by atoms with Crippen molar-refractivity contribution >= 4 is 21.4 Å². The van der Waals surface area contributed by atoms with Crippen LogP contribution in [0.25, 0.3) is 0 Å². The van der Waals surface area contributed by atoms with E-state index in [1.54, 1.807) is 0 Å². The lowest BCUT2D eigenvalue weighted by Gasteiger charge is -2.15. The predicted molar refractivity (Wildman–Crippen MR) is 69.7 cm³/mol. The Bertz CT molecular complexity index is 504. The zero-order valence-electron chi connectivity index (χ0n) is 10.1. The van der Waals surface area contributed by atoms with Crippen LogP contribution in [0.5, 0.6) is 0 Å². The van der Waals surface area contributed by atoms with Gasteiger partial charge in [0.15, 0.2) is 0 Å². The van der Waals surface area contributed by atoms with Gasteiger partial charge >= 0.3 is 0 Å². The number of thiophene rings is 1. The lowest BCUT2D eigenvalue weighted by atomic mass is 10.2. The van der Waals surface area contributed by atoms with Crippen molar-refractivity contribution < 1.29 is 8.42 Å². The van der Waals surface area contributed by atoms with Crippen molar-refractivity contribution in [1.29, 1.82) is 0 Å². The van der Waals surface area contributed by atoms with E-state index in [9.17, 15) is 8.42 Å². The second-order valence-electron chi connectivity index (χ2n) is 4.63. The maximum Gasteiger partial charge on any atom is 0.250 e. The van der Waals surface area contributed by atoms with E-state index in [1.165, 1.54) is 11.3 Å². The average molecular weight is 274 g/mol. The van der Waals surface area contributed by atoms with Crippen molar-refractivity contribution in [1.82, 2.24) is 4.72 Å². The Hall–Kier alpha value is -0.430. The molecular weight excluding hydrogens is 256 g/mol. The van der Waals surface area contributed by atoms with Crippen LogP contribution in [0.4, 0.5) is 0 Å². The molecule has 1 aromatic rings. The molecule has 0 bridgehead atoms. The lowest BCUT2D eigenvalue weighted by molar-refractivity contribution is 0.520. The van der Waals surface area contributed by atoms with Gasteiger partial charge in [-0.1, -0.05) is 0 Å². The van der Waals surface area contributed by atoms with E-state index in [0.29, 0.717) is 16.7 Å². The highest BCUT2D eigenvalue weighted by atomic mass is 32.2. The molecule has 1 saturated carbocycles. The van der Waals surface area contributed by atoms with Gasteiger partial charge in [-0.15, -0.1) is 11.3 Å². The van der Waals surface area contributed by atoms with Crippen LogP contribution < -0.4 is 10.5 Å². The topological polar surface area (TPSA) is 72.2 Å². The third-order valence-electron chi connectivity index (χ3n) is 2.99. The summed E-state index contributed by atoms with van der Waals surface area (Å²) in [4.78, 5) is 1.01. The predicted octanol–water partition coefficient (Wildman–Crippen LogP) is 1.38. The van der Waals surface area contributed by atoms with E-state index in [-0.39, 0.29) is 6.04 Å². The van der Waals surface area contributed by atoms with Gasteiger partial charge in [-0.3, -0.25) is 0 Å². The Morgan fingerprint density at radius 3 is 2.59 bits per heavy atom. The van der Waals surface area contributed by atoms with Gasteiger partial charge < -0.3 is 5.73 Å². The van der Waals surface area contributed by atoms with Gasteiger partial charge in [-0.2, -0.15) is 0 Å². The summed E-state index contributed by atoms with van der Waals surface area (Å²) in [5.74, 6) is 0.427. The summed E-state index contributed by atoms with van der Waals surface area (Å²) in [6.45, 7) is 4.11. The minimum Gasteiger partial charge on any atom is -0.329 e. The van der Waals surface area contributed by atoms with Gasteiger partial charge in [0.05, 0.1) is 0 Å². The van der Waals surface area contributed by atoms with Gasteiger partial charge in [0.25, 0.3) is 10.0 Å². The van der Waals surface area contributed by atoms with Gasteiger partial charge in [-0.25, -0.2) is 13.1 Å². The Kier molecular flexibility index (Phi) is 3.58. The van der Waals surface area contributed by atoms with Gasteiger partial charge in [0, 0.05) is 17.5 Å². The van der Waals surface area contributed by atoms with Crippen LogP contribution in [-0.2, 0) is 10.0 Å². The van der Waals surface area contributed by atoms with E-state index in [2.05, 4.69) is 4.72 Å². The molecule has 4 nitrogen and oxygen atoms in total. The molecule has 1 unspecified atom stereocenters. The van der Waals surface area contributed by atoms with Crippen LogP contribution in [0, 0.1) is 19.8 Å². The van der Waals surface area contributed by atoms with Gasteiger partial charge in [0.2, 0.25) is 0 Å². The zero-order chi connectivity index (χ0) is 12.6. The quantitative estimate of drug-likeness (QED) is 0.852. The Labute approximate surface area is 106 Å². The lowest BCUT2D eigenvalue weighted by Crippen LogP contribution is -2.41. The van der Waals surface area contributed by atoms with E-state index >= 15 is 0 Å². The highest BCUT2D eigenvalue weighted by Gasteiger charge is 2.34. The minimum absolute atomic E-state index is 0.109. The van der Waals surface area contributed by atoms with Crippen LogP contribution in [-0.4, -0.2) is 21.0 Å². The van der Waals surface area contributed by atoms with Crippen LogP contribution in [0.2, 0.25) is 0 Å². The fraction of sp³-hybridized carbons (Fsp3) is 0.636. The van der Waals surface area contributed by atoms with E-state index < -0.39 is 10.0 Å². The Balaban J connectivity index is 2.21. The highest BCUT2D eigenvalue weighted by molar-refractivity contribution is 7.91. The third kappa shape index (κ3) is 2.88. The fourth-order valence-corrected chi connectivity index (χ4v) is 4.98. The first kappa shape index (κ1) is 13.0. The zero-order valence-corrected chi connectivity index (χ0v) is 11.7. The molecule has 0 amide bonds. The highest BCUT2D eigenvalue weighted by Crippen LogP contribution is 2.33. The summed E-state index contributed by atoms with van der Waals surface area (Å²) in [5, 5.41) is 0. The molecule has 96 valence electrons. The van der Waals surface area contributed by atoms with Crippen molar-refractivity contribution in [2.75, 3.05) is 6.54 Å². The maximum atomic E-state index is 12.2. The molecule has 0 spiro atoms. The number of hydrogen-bond donors (Lipinski definition) is 2. The summed E-state index contributed by atoms with van der Waals surface area (Å²) in [6.07, 6.45) is 2.15. The largest absolute Gasteiger partial charge is 0.329 e. The molecule has 1 aromatic heterocycles. The van der Waals surface area contributed by atoms with Crippen LogP contribution in [0.1, 0.15) is 23.3 Å². The van der Waals surface area contributed by atoms with Crippen molar-refractivity contribution in [3.05, 3.63) is 16.5 Å². The molecule has 3 N–H and O–H groups in total. The summed E-state index contributed by atoms with van der Waals surface area (Å²) >= 11 is 1.31. The average Bonchev–Trinajstić information content (AvgIpc) is 3.01. The van der Waals surface area contributed by atoms with Crippen molar-refractivity contribution in [2.24, 2.45) is 11.7 Å². The first-order chi connectivity index (χ1) is 7.94. The molecule has 0 radical (unpaired) electrons. The number of aryl methyl sites for hydroxylation is 2. The van der Waals surface area contributed by atoms with Crippen molar-refractivity contribution in [3.63, 3.8) is 0 Å². The maximum absolute atomic E-state index is 12.2. The Morgan fingerprint density at radius 2 is 2.18 bits per heavy atom. The summed E-state index contributed by atoms with van der Waals surface area (Å²) in [5.41, 5.74) is 6.43. The van der Waals surface area contributed by atoms with Gasteiger partial charge in [0.1, 0.15) is 4.21 Å². The molecule has 0 aliphatic heterocycles. The third-order valence-corrected chi connectivity index (χ3v) is 6.27. The normalized spacial score (nSPS) is 18.3. The first-order valence-electron chi connectivity index (χ1n) is 5.73. The Morgan fingerprint density at radius 1 is 1.53 bits per heavy atom. The van der Waals surface area contributed by atoms with Crippen LogP contribution in [0.3, 0.4) is 0 Å². The molecular formula is C11H18N2O2S2. The number of rotatable bonds is 5. The van der Waals surface area contributed by atoms with E-state index in [0.717, 1.165) is 23.3 Å². The smallest absolute Gasteiger partial charge is 0.250 e. The molecule has 1 atom stereocenters. The minimum atomic E-state index is -3.40. The van der Waals surface area contributed by atoms with Crippen LogP contribution in [0.15, 0.2) is 10.3 Å². The first-order valence-corrected chi connectivity index (χ1v) is 8.03. The molecule has 1 aliphatic carbocycles. The molecule has 2 rings (SSSR count). The standard InChI is InChI=1S/C11H18N2O2S2/c1-7-5-8(2)16-11(7)17(14,15)13-10(6-12)9-3-4-9/h5,9-10,13H,3-4,6,12H2,1-2H3. The molecule has 17 heavy (non-hydrogen) atoms. The van der Waals surface area contributed by atoms with Crippen LogP contribution >= 0.6 is 11.3 Å². The summed E-state index contributed by atoms with van der Waals surface area (Å²) in [6, 6.07) is 1.79. The van der Waals surface area contributed by atoms with E-state index in [1.807, 2.05) is 19.9 Å². The van der Waals surface area contributed by atoms with E-state index in [4.69, 9.17) is 5.73 Å². The van der Waals surface area contributed by atoms with Gasteiger partial charge in [-0.05, 0) is 44.2 Å². The molecule has 1 fully saturated rings.